The molecule has 0 fully saturated rings. The van der Waals surface area contributed by atoms with Crippen LogP contribution >= 0.6 is 0 Å². The van der Waals surface area contributed by atoms with Crippen LogP contribution in [0.5, 0.6) is 0 Å². The van der Waals surface area contributed by atoms with Crippen LogP contribution < -0.4 is 5.32 Å². The third kappa shape index (κ3) is 6.02. The molecule has 1 heterocycles. The molecule has 1 aromatic heterocycles. The lowest BCUT2D eigenvalue weighted by Crippen LogP contribution is -2.32. The smallest absolute Gasteiger partial charge is 0.287 e. The molecule has 1 aromatic carbocycles. The molecule has 0 aliphatic rings. The number of sulfone groups is 1. The van der Waals surface area contributed by atoms with Gasteiger partial charge in [0.25, 0.3) is 5.91 Å². The summed E-state index contributed by atoms with van der Waals surface area (Å²) in [5.41, 5.74) is 0. The molecule has 5 nitrogen and oxygen atoms in total. The third-order valence-electron chi connectivity index (χ3n) is 4.12. The lowest BCUT2D eigenvalue weighted by molar-refractivity contribution is 0.0908. The topological polar surface area (TPSA) is 76.4 Å². The van der Waals surface area contributed by atoms with Crippen LogP contribution in [0.4, 0.5) is 0 Å². The van der Waals surface area contributed by atoms with Crippen molar-refractivity contribution in [3.05, 3.63) is 54.0 Å². The van der Waals surface area contributed by atoms with E-state index in [0.717, 1.165) is 19.3 Å². The van der Waals surface area contributed by atoms with Crippen LogP contribution in [-0.2, 0) is 15.6 Å². The van der Waals surface area contributed by atoms with E-state index in [1.54, 1.807) is 36.4 Å². The minimum atomic E-state index is -3.49. The number of nitrogens with one attached hydrogen (secondary N) is 1. The Hall–Kier alpha value is -2.08. The summed E-state index contributed by atoms with van der Waals surface area (Å²) in [6.45, 7) is 6.32. The molecule has 6 heteroatoms. The van der Waals surface area contributed by atoms with Crippen molar-refractivity contribution in [3.8, 4) is 0 Å². The van der Waals surface area contributed by atoms with Gasteiger partial charge in [-0.3, -0.25) is 4.79 Å². The fraction of sp³-hybridized carbons (Fsp3) is 0.450. The van der Waals surface area contributed by atoms with Gasteiger partial charge >= 0.3 is 0 Å². The van der Waals surface area contributed by atoms with Gasteiger partial charge in [0.1, 0.15) is 11.5 Å². The summed E-state index contributed by atoms with van der Waals surface area (Å²) in [5, 5.41) is 2.90. The SMILES string of the molecule is CC(C)CCC[C@@H](C)NC(=O)c1ccc(CS(=O)(=O)c2ccccc2)o1. The largest absolute Gasteiger partial charge is 0.455 e. The molecule has 2 rings (SSSR count). The lowest BCUT2D eigenvalue weighted by atomic mass is 10.0. The molecule has 0 saturated heterocycles. The summed E-state index contributed by atoms with van der Waals surface area (Å²) in [5.74, 6) is 0.460. The van der Waals surface area contributed by atoms with E-state index in [2.05, 4.69) is 19.2 Å². The van der Waals surface area contributed by atoms with Crippen LogP contribution in [0.1, 0.15) is 56.3 Å². The zero-order chi connectivity index (χ0) is 19.2. The number of rotatable bonds is 9. The predicted molar refractivity (Wildman–Crippen MR) is 102 cm³/mol. The molecule has 1 atom stereocenters. The number of hydrogen-bond acceptors (Lipinski definition) is 4. The van der Waals surface area contributed by atoms with Crippen molar-refractivity contribution in [3.63, 3.8) is 0 Å². The summed E-state index contributed by atoms with van der Waals surface area (Å²) in [6, 6.07) is 11.3. The Kier molecular flexibility index (Phi) is 7.03. The van der Waals surface area contributed by atoms with E-state index >= 15 is 0 Å². The first-order valence-corrected chi connectivity index (χ1v) is 10.6. The summed E-state index contributed by atoms with van der Waals surface area (Å²) < 4.78 is 30.2. The summed E-state index contributed by atoms with van der Waals surface area (Å²) in [4.78, 5) is 12.5. The maximum atomic E-state index is 12.4. The molecule has 1 amide bonds. The van der Waals surface area contributed by atoms with Crippen LogP contribution in [0.2, 0.25) is 0 Å². The Morgan fingerprint density at radius 1 is 1.04 bits per heavy atom. The number of carbonyl (C=O) groups excluding carboxylic acids is 1. The highest BCUT2D eigenvalue weighted by molar-refractivity contribution is 7.90. The van der Waals surface area contributed by atoms with Crippen molar-refractivity contribution in [1.29, 1.82) is 0 Å². The highest BCUT2D eigenvalue weighted by atomic mass is 32.2. The number of furan rings is 1. The van der Waals surface area contributed by atoms with Crippen molar-refractivity contribution in [2.45, 2.75) is 56.7 Å². The highest BCUT2D eigenvalue weighted by Gasteiger charge is 2.19. The molecule has 0 aliphatic heterocycles. The second-order valence-electron chi connectivity index (χ2n) is 7.04. The van der Waals surface area contributed by atoms with E-state index in [0.29, 0.717) is 5.92 Å². The number of benzene rings is 1. The number of amides is 1. The van der Waals surface area contributed by atoms with Crippen LogP contribution in [0.25, 0.3) is 0 Å². The second kappa shape index (κ2) is 9.03. The minimum Gasteiger partial charge on any atom is -0.455 e. The monoisotopic (exact) mass is 377 g/mol. The molecule has 0 radical (unpaired) electrons. The lowest BCUT2D eigenvalue weighted by Gasteiger charge is -2.13. The van der Waals surface area contributed by atoms with E-state index in [1.807, 2.05) is 6.92 Å². The average molecular weight is 378 g/mol. The van der Waals surface area contributed by atoms with Gasteiger partial charge in [0.2, 0.25) is 0 Å². The van der Waals surface area contributed by atoms with E-state index in [4.69, 9.17) is 4.42 Å². The summed E-state index contributed by atoms with van der Waals surface area (Å²) in [7, 11) is -3.49. The Balaban J connectivity index is 1.93. The number of carbonyl (C=O) groups is 1. The van der Waals surface area contributed by atoms with Gasteiger partial charge in [0.15, 0.2) is 15.6 Å². The standard InChI is InChI=1S/C20H27NO4S/c1-15(2)8-7-9-16(3)21-20(22)19-13-12-17(25-19)14-26(23,24)18-10-5-4-6-11-18/h4-6,10-13,15-16H,7-9,14H2,1-3H3,(H,21,22)/t16-/m1/s1. The Morgan fingerprint density at radius 3 is 2.38 bits per heavy atom. The molecule has 2 aromatic rings. The van der Waals surface area contributed by atoms with Gasteiger partial charge in [0, 0.05) is 6.04 Å². The molecular weight excluding hydrogens is 350 g/mol. The van der Waals surface area contributed by atoms with Crippen LogP contribution in [-0.4, -0.2) is 20.4 Å². The maximum Gasteiger partial charge on any atom is 0.287 e. The molecule has 0 saturated carbocycles. The zero-order valence-electron chi connectivity index (χ0n) is 15.6. The Labute approximate surface area is 155 Å². The van der Waals surface area contributed by atoms with Crippen molar-refractivity contribution in [2.24, 2.45) is 5.92 Å². The fourth-order valence-corrected chi connectivity index (χ4v) is 3.94. The second-order valence-corrected chi connectivity index (χ2v) is 9.03. The zero-order valence-corrected chi connectivity index (χ0v) is 16.4. The first kappa shape index (κ1) is 20.2. The van der Waals surface area contributed by atoms with Crippen molar-refractivity contribution >= 4 is 15.7 Å². The van der Waals surface area contributed by atoms with Gasteiger partial charge in [-0.2, -0.15) is 0 Å². The molecule has 0 bridgehead atoms. The average Bonchev–Trinajstić information content (AvgIpc) is 3.03. The van der Waals surface area contributed by atoms with Crippen LogP contribution in [0, 0.1) is 5.92 Å². The Bertz CT molecular complexity index is 809. The first-order chi connectivity index (χ1) is 12.3. The molecule has 142 valence electrons. The van der Waals surface area contributed by atoms with Crippen LogP contribution in [0.15, 0.2) is 51.8 Å². The van der Waals surface area contributed by atoms with E-state index in [-0.39, 0.29) is 34.1 Å². The molecule has 0 aliphatic carbocycles. The van der Waals surface area contributed by atoms with Gasteiger partial charge in [0.05, 0.1) is 4.90 Å². The first-order valence-electron chi connectivity index (χ1n) is 8.95. The van der Waals surface area contributed by atoms with Crippen molar-refractivity contribution in [2.75, 3.05) is 0 Å². The highest BCUT2D eigenvalue weighted by Crippen LogP contribution is 2.18. The maximum absolute atomic E-state index is 12.4. The van der Waals surface area contributed by atoms with Crippen molar-refractivity contribution in [1.82, 2.24) is 5.32 Å². The van der Waals surface area contributed by atoms with E-state index in [9.17, 15) is 13.2 Å². The third-order valence-corrected chi connectivity index (χ3v) is 5.77. The molecule has 1 N–H and O–H groups in total. The van der Waals surface area contributed by atoms with Gasteiger partial charge in [-0.1, -0.05) is 44.9 Å². The molecule has 26 heavy (non-hydrogen) atoms. The normalized spacial score (nSPS) is 12.9. The number of hydrogen-bond donors (Lipinski definition) is 1. The van der Waals surface area contributed by atoms with Gasteiger partial charge < -0.3 is 9.73 Å². The van der Waals surface area contributed by atoms with Gasteiger partial charge in [-0.25, -0.2) is 8.42 Å². The van der Waals surface area contributed by atoms with E-state index in [1.165, 1.54) is 6.07 Å². The predicted octanol–water partition coefficient (Wildman–Crippen LogP) is 4.20. The fourth-order valence-electron chi connectivity index (χ4n) is 2.68. The summed E-state index contributed by atoms with van der Waals surface area (Å²) in [6.07, 6.45) is 3.08. The van der Waals surface area contributed by atoms with E-state index < -0.39 is 9.84 Å². The van der Waals surface area contributed by atoms with Crippen molar-refractivity contribution < 1.29 is 17.6 Å². The van der Waals surface area contributed by atoms with Gasteiger partial charge in [-0.05, 0) is 43.5 Å². The minimum absolute atomic E-state index is 0.0443. The van der Waals surface area contributed by atoms with Gasteiger partial charge in [-0.15, -0.1) is 0 Å². The Morgan fingerprint density at radius 2 is 1.73 bits per heavy atom. The quantitative estimate of drug-likeness (QED) is 0.710. The van der Waals surface area contributed by atoms with Crippen LogP contribution in [0.3, 0.4) is 0 Å². The molecule has 0 spiro atoms. The molecular formula is C20H27NO4S. The summed E-state index contributed by atoms with van der Waals surface area (Å²) >= 11 is 0. The molecule has 0 unspecified atom stereocenters.